The van der Waals surface area contributed by atoms with Crippen LogP contribution in [0.5, 0.6) is 5.88 Å². The summed E-state index contributed by atoms with van der Waals surface area (Å²) >= 11 is 0. The van der Waals surface area contributed by atoms with Crippen molar-refractivity contribution in [1.29, 1.82) is 0 Å². The molecule has 0 fully saturated rings. The van der Waals surface area contributed by atoms with E-state index in [1.807, 2.05) is 6.07 Å². The van der Waals surface area contributed by atoms with E-state index in [-0.39, 0.29) is 6.10 Å². The zero-order valence-corrected chi connectivity index (χ0v) is 12.3. The number of hydrogen-bond acceptors (Lipinski definition) is 3. The predicted octanol–water partition coefficient (Wildman–Crippen LogP) is 3.49. The maximum Gasteiger partial charge on any atom is 0.214 e. The van der Waals surface area contributed by atoms with Gasteiger partial charge in [-0.1, -0.05) is 27.7 Å². The highest BCUT2D eigenvalue weighted by Gasteiger charge is 2.09. The van der Waals surface area contributed by atoms with Crippen LogP contribution in [0.4, 0.5) is 0 Å². The number of hydrogen-bond donors (Lipinski definition) is 1. The summed E-state index contributed by atoms with van der Waals surface area (Å²) in [5.74, 6) is 1.18. The molecule has 3 heteroatoms. The molecule has 1 atom stereocenters. The summed E-state index contributed by atoms with van der Waals surface area (Å²) in [6.45, 7) is 12.5. The van der Waals surface area contributed by atoms with E-state index in [9.17, 15) is 0 Å². The fourth-order valence-corrected chi connectivity index (χ4v) is 1.60. The number of nitrogens with one attached hydrogen (secondary N) is 1. The van der Waals surface area contributed by atoms with Crippen molar-refractivity contribution in [2.75, 3.05) is 6.54 Å². The maximum atomic E-state index is 5.84. The number of ether oxygens (including phenoxy) is 1. The first-order valence-electron chi connectivity index (χ1n) is 6.95. The molecule has 0 spiro atoms. The van der Waals surface area contributed by atoms with Crippen molar-refractivity contribution >= 4 is 0 Å². The second-order valence-electron chi connectivity index (χ2n) is 5.01. The van der Waals surface area contributed by atoms with Gasteiger partial charge in [-0.05, 0) is 37.4 Å². The third kappa shape index (κ3) is 4.65. The lowest BCUT2D eigenvalue weighted by atomic mass is 10.1. The van der Waals surface area contributed by atoms with Crippen molar-refractivity contribution in [3.05, 3.63) is 23.4 Å². The van der Waals surface area contributed by atoms with E-state index in [1.165, 1.54) is 5.56 Å². The third-order valence-corrected chi connectivity index (χ3v) is 2.95. The summed E-state index contributed by atoms with van der Waals surface area (Å²) in [6, 6.07) is 4.21. The minimum absolute atomic E-state index is 0.215. The minimum atomic E-state index is 0.215. The first-order valence-corrected chi connectivity index (χ1v) is 6.95. The van der Waals surface area contributed by atoms with Crippen LogP contribution in [-0.4, -0.2) is 17.6 Å². The first kappa shape index (κ1) is 15.0. The van der Waals surface area contributed by atoms with Gasteiger partial charge in [-0.25, -0.2) is 4.98 Å². The van der Waals surface area contributed by atoms with Gasteiger partial charge < -0.3 is 10.1 Å². The number of pyridine rings is 1. The summed E-state index contributed by atoms with van der Waals surface area (Å²) in [5, 5.41) is 3.34. The Hall–Kier alpha value is -1.09. The minimum Gasteiger partial charge on any atom is -0.475 e. The smallest absolute Gasteiger partial charge is 0.214 e. The summed E-state index contributed by atoms with van der Waals surface area (Å²) in [7, 11) is 0. The van der Waals surface area contributed by atoms with E-state index in [0.717, 1.165) is 31.1 Å². The Morgan fingerprint density at radius 1 is 1.22 bits per heavy atom. The largest absolute Gasteiger partial charge is 0.475 e. The van der Waals surface area contributed by atoms with Crippen molar-refractivity contribution in [2.45, 2.75) is 59.6 Å². The van der Waals surface area contributed by atoms with Crippen molar-refractivity contribution in [3.8, 4) is 5.88 Å². The number of rotatable bonds is 7. The average molecular weight is 250 g/mol. The van der Waals surface area contributed by atoms with Crippen LogP contribution in [0, 0.1) is 0 Å². The van der Waals surface area contributed by atoms with Crippen LogP contribution in [0.3, 0.4) is 0 Å². The molecule has 1 N–H and O–H groups in total. The van der Waals surface area contributed by atoms with Crippen LogP contribution in [0.25, 0.3) is 0 Å². The molecule has 1 aromatic rings. The van der Waals surface area contributed by atoms with E-state index in [4.69, 9.17) is 4.74 Å². The van der Waals surface area contributed by atoms with Gasteiger partial charge in [-0.15, -0.1) is 0 Å². The molecule has 0 saturated carbocycles. The molecule has 0 bridgehead atoms. The Balaban J connectivity index is 2.90. The third-order valence-electron chi connectivity index (χ3n) is 2.95. The van der Waals surface area contributed by atoms with Crippen LogP contribution in [0.1, 0.15) is 58.2 Å². The van der Waals surface area contributed by atoms with Gasteiger partial charge in [0, 0.05) is 18.3 Å². The van der Waals surface area contributed by atoms with Gasteiger partial charge in [0.2, 0.25) is 5.88 Å². The average Bonchev–Trinajstić information content (AvgIpc) is 2.35. The monoisotopic (exact) mass is 250 g/mol. The highest BCUT2D eigenvalue weighted by atomic mass is 16.5. The molecule has 0 radical (unpaired) electrons. The van der Waals surface area contributed by atoms with E-state index in [2.05, 4.69) is 51.0 Å². The fraction of sp³-hybridized carbons (Fsp3) is 0.667. The van der Waals surface area contributed by atoms with Crippen LogP contribution in [-0.2, 0) is 6.54 Å². The fourth-order valence-electron chi connectivity index (χ4n) is 1.60. The van der Waals surface area contributed by atoms with Gasteiger partial charge >= 0.3 is 0 Å². The molecular weight excluding hydrogens is 224 g/mol. The van der Waals surface area contributed by atoms with Gasteiger partial charge in [0.15, 0.2) is 0 Å². The molecule has 0 saturated heterocycles. The summed E-state index contributed by atoms with van der Waals surface area (Å²) in [6.07, 6.45) is 1.21. The van der Waals surface area contributed by atoms with Crippen molar-refractivity contribution < 1.29 is 4.74 Å². The Bertz CT molecular complexity index is 364. The first-order chi connectivity index (χ1) is 8.56. The molecule has 1 unspecified atom stereocenters. The normalized spacial score (nSPS) is 12.8. The number of aromatic nitrogens is 1. The lowest BCUT2D eigenvalue weighted by Gasteiger charge is -2.15. The van der Waals surface area contributed by atoms with Gasteiger partial charge in [0.25, 0.3) is 0 Å². The Morgan fingerprint density at radius 3 is 2.50 bits per heavy atom. The lowest BCUT2D eigenvalue weighted by Crippen LogP contribution is -2.15. The molecule has 1 heterocycles. The van der Waals surface area contributed by atoms with E-state index in [1.54, 1.807) is 0 Å². The maximum absolute atomic E-state index is 5.84. The molecule has 1 aromatic heterocycles. The van der Waals surface area contributed by atoms with Crippen LogP contribution in [0.2, 0.25) is 0 Å². The molecular formula is C15H26N2O. The van der Waals surface area contributed by atoms with Crippen molar-refractivity contribution in [2.24, 2.45) is 0 Å². The zero-order valence-electron chi connectivity index (χ0n) is 12.3. The molecule has 3 nitrogen and oxygen atoms in total. The molecule has 0 aliphatic carbocycles. The zero-order chi connectivity index (χ0) is 13.5. The second-order valence-corrected chi connectivity index (χ2v) is 5.01. The standard InChI is InChI=1S/C15H26N2O/c1-6-12(5)18-15-9-13(10-16-7-2)8-14(17-15)11(3)4/h8-9,11-12,16H,6-7,10H2,1-5H3. The van der Waals surface area contributed by atoms with Crippen LogP contribution < -0.4 is 10.1 Å². The molecule has 102 valence electrons. The molecule has 0 aliphatic heterocycles. The summed E-state index contributed by atoms with van der Waals surface area (Å²) in [5.41, 5.74) is 2.34. The molecule has 18 heavy (non-hydrogen) atoms. The Kier molecular flexibility index (Phi) is 6.13. The highest BCUT2D eigenvalue weighted by molar-refractivity contribution is 5.26. The van der Waals surface area contributed by atoms with Crippen molar-refractivity contribution in [1.82, 2.24) is 10.3 Å². The highest BCUT2D eigenvalue weighted by Crippen LogP contribution is 2.20. The van der Waals surface area contributed by atoms with E-state index < -0.39 is 0 Å². The van der Waals surface area contributed by atoms with Crippen LogP contribution in [0.15, 0.2) is 12.1 Å². The summed E-state index contributed by atoms with van der Waals surface area (Å²) < 4.78 is 5.84. The van der Waals surface area contributed by atoms with Gasteiger partial charge in [-0.2, -0.15) is 0 Å². The lowest BCUT2D eigenvalue weighted by molar-refractivity contribution is 0.207. The molecule has 0 aromatic carbocycles. The topological polar surface area (TPSA) is 34.1 Å². The van der Waals surface area contributed by atoms with Gasteiger partial charge in [0.05, 0.1) is 6.10 Å². The molecule has 0 aliphatic rings. The van der Waals surface area contributed by atoms with Gasteiger partial charge in [-0.3, -0.25) is 0 Å². The van der Waals surface area contributed by atoms with Crippen molar-refractivity contribution in [3.63, 3.8) is 0 Å². The van der Waals surface area contributed by atoms with Gasteiger partial charge in [0.1, 0.15) is 0 Å². The number of nitrogens with zero attached hydrogens (tertiary/aromatic N) is 1. The van der Waals surface area contributed by atoms with Crippen LogP contribution >= 0.6 is 0 Å². The van der Waals surface area contributed by atoms with E-state index in [0.29, 0.717) is 5.92 Å². The second kappa shape index (κ2) is 7.37. The van der Waals surface area contributed by atoms with E-state index >= 15 is 0 Å². The SMILES string of the molecule is CCNCc1cc(OC(C)CC)nc(C(C)C)c1. The predicted molar refractivity (Wildman–Crippen MR) is 76.1 cm³/mol. The molecule has 0 amide bonds. The Labute approximate surface area is 111 Å². The molecule has 1 rings (SSSR count). The Morgan fingerprint density at radius 2 is 1.94 bits per heavy atom. The quantitative estimate of drug-likeness (QED) is 0.804. The summed E-state index contributed by atoms with van der Waals surface area (Å²) in [4.78, 5) is 4.58.